The Kier molecular flexibility index (Phi) is 3.46. The van der Waals surface area contributed by atoms with Gasteiger partial charge in [-0.1, -0.05) is 5.16 Å². The molecule has 0 atom stereocenters. The molecule has 1 fully saturated rings. The SMILES string of the molecule is CCOC1(c2noc(-c3[nH]cnc3C(=O)O)n2)CCCC1. The minimum absolute atomic E-state index is 0.117. The molecular formula is C13H16N4O4. The number of aromatic carboxylic acids is 1. The van der Waals surface area contributed by atoms with Gasteiger partial charge < -0.3 is 19.4 Å². The van der Waals surface area contributed by atoms with Gasteiger partial charge in [0.25, 0.3) is 5.89 Å². The summed E-state index contributed by atoms with van der Waals surface area (Å²) < 4.78 is 11.1. The second kappa shape index (κ2) is 5.28. The minimum Gasteiger partial charge on any atom is -0.476 e. The van der Waals surface area contributed by atoms with Crippen LogP contribution in [-0.2, 0) is 10.3 Å². The monoisotopic (exact) mass is 292 g/mol. The van der Waals surface area contributed by atoms with Crippen LogP contribution in [-0.4, -0.2) is 37.8 Å². The third-order valence-corrected chi connectivity index (χ3v) is 3.72. The maximum Gasteiger partial charge on any atom is 0.356 e. The lowest BCUT2D eigenvalue weighted by Gasteiger charge is -2.24. The van der Waals surface area contributed by atoms with Gasteiger partial charge in [-0.2, -0.15) is 4.98 Å². The standard InChI is InChI=1S/C13H16N4O4/c1-2-20-13(5-3-4-6-13)12-16-10(21-17-12)8-9(11(18)19)15-7-14-8/h7H,2-6H2,1H3,(H,14,15)(H,18,19). The van der Waals surface area contributed by atoms with Gasteiger partial charge in [-0.25, -0.2) is 9.78 Å². The first-order valence-corrected chi connectivity index (χ1v) is 6.91. The lowest BCUT2D eigenvalue weighted by molar-refractivity contribution is -0.0469. The fourth-order valence-corrected chi connectivity index (χ4v) is 2.78. The van der Waals surface area contributed by atoms with Gasteiger partial charge in [0, 0.05) is 6.61 Å². The number of imidazole rings is 1. The molecule has 0 saturated heterocycles. The van der Waals surface area contributed by atoms with Gasteiger partial charge >= 0.3 is 5.97 Å². The third-order valence-electron chi connectivity index (χ3n) is 3.72. The minimum atomic E-state index is -1.15. The summed E-state index contributed by atoms with van der Waals surface area (Å²) in [7, 11) is 0. The third kappa shape index (κ3) is 2.31. The summed E-state index contributed by atoms with van der Waals surface area (Å²) in [5.41, 5.74) is -0.437. The topological polar surface area (TPSA) is 114 Å². The molecule has 2 aromatic rings. The Hall–Kier alpha value is -2.22. The van der Waals surface area contributed by atoms with Crippen molar-refractivity contribution >= 4 is 5.97 Å². The number of rotatable bonds is 5. The highest BCUT2D eigenvalue weighted by atomic mass is 16.5. The Morgan fingerprint density at radius 2 is 2.29 bits per heavy atom. The van der Waals surface area contributed by atoms with Gasteiger partial charge in [0.15, 0.2) is 5.69 Å². The van der Waals surface area contributed by atoms with Crippen LogP contribution in [0, 0.1) is 0 Å². The van der Waals surface area contributed by atoms with Crippen LogP contribution in [0.15, 0.2) is 10.9 Å². The van der Waals surface area contributed by atoms with Crippen molar-refractivity contribution in [2.75, 3.05) is 6.61 Å². The van der Waals surface area contributed by atoms with E-state index in [1.165, 1.54) is 6.33 Å². The highest BCUT2D eigenvalue weighted by Crippen LogP contribution is 2.41. The number of aromatic nitrogens is 4. The number of H-pyrrole nitrogens is 1. The summed E-state index contributed by atoms with van der Waals surface area (Å²) in [6, 6.07) is 0. The van der Waals surface area contributed by atoms with E-state index in [9.17, 15) is 4.79 Å². The molecule has 2 N–H and O–H groups in total. The Bertz CT molecular complexity index is 642. The fraction of sp³-hybridized carbons (Fsp3) is 0.538. The number of carboxylic acids is 1. The van der Waals surface area contributed by atoms with E-state index < -0.39 is 11.6 Å². The van der Waals surface area contributed by atoms with Gasteiger partial charge in [0.1, 0.15) is 11.3 Å². The summed E-state index contributed by atoms with van der Waals surface area (Å²) in [5, 5.41) is 13.1. The number of ether oxygens (including phenoxy) is 1. The molecular weight excluding hydrogens is 276 g/mol. The van der Waals surface area contributed by atoms with Crippen molar-refractivity contribution in [2.45, 2.75) is 38.2 Å². The second-order valence-electron chi connectivity index (χ2n) is 4.99. The Morgan fingerprint density at radius 3 is 2.95 bits per heavy atom. The van der Waals surface area contributed by atoms with Crippen LogP contribution in [0.4, 0.5) is 0 Å². The molecule has 0 aliphatic heterocycles. The molecule has 1 aliphatic rings. The first kappa shape index (κ1) is 13.7. The highest BCUT2D eigenvalue weighted by Gasteiger charge is 2.41. The van der Waals surface area contributed by atoms with E-state index in [1.54, 1.807) is 0 Å². The molecule has 0 bridgehead atoms. The van der Waals surface area contributed by atoms with Crippen LogP contribution in [0.5, 0.6) is 0 Å². The Morgan fingerprint density at radius 1 is 1.52 bits per heavy atom. The van der Waals surface area contributed by atoms with Crippen LogP contribution >= 0.6 is 0 Å². The number of aromatic amines is 1. The van der Waals surface area contributed by atoms with E-state index in [2.05, 4.69) is 20.1 Å². The molecule has 3 rings (SSSR count). The van der Waals surface area contributed by atoms with Gasteiger partial charge in [-0.3, -0.25) is 0 Å². The number of nitrogens with one attached hydrogen (secondary N) is 1. The van der Waals surface area contributed by atoms with E-state index in [4.69, 9.17) is 14.4 Å². The quantitative estimate of drug-likeness (QED) is 0.865. The molecule has 0 unspecified atom stereocenters. The summed E-state index contributed by atoms with van der Waals surface area (Å²) in [5.74, 6) is -0.556. The van der Waals surface area contributed by atoms with Crippen LogP contribution in [0.1, 0.15) is 48.9 Å². The second-order valence-corrected chi connectivity index (χ2v) is 4.99. The molecule has 2 aromatic heterocycles. The summed E-state index contributed by atoms with van der Waals surface area (Å²) >= 11 is 0. The van der Waals surface area contributed by atoms with Crippen LogP contribution in [0.2, 0.25) is 0 Å². The maximum absolute atomic E-state index is 11.1. The Labute approximate surface area is 120 Å². The van der Waals surface area contributed by atoms with Crippen LogP contribution in [0.25, 0.3) is 11.6 Å². The van der Waals surface area contributed by atoms with Crippen molar-refractivity contribution in [1.29, 1.82) is 0 Å². The highest BCUT2D eigenvalue weighted by molar-refractivity contribution is 5.91. The molecule has 112 valence electrons. The average molecular weight is 292 g/mol. The van der Waals surface area contributed by atoms with Crippen molar-refractivity contribution in [2.24, 2.45) is 0 Å². The maximum atomic E-state index is 11.1. The molecule has 0 amide bonds. The van der Waals surface area contributed by atoms with Gasteiger partial charge in [0.05, 0.1) is 6.33 Å². The molecule has 8 heteroatoms. The molecule has 0 aromatic carbocycles. The lowest BCUT2D eigenvalue weighted by atomic mass is 10.0. The van der Waals surface area contributed by atoms with E-state index in [0.29, 0.717) is 12.4 Å². The zero-order valence-electron chi connectivity index (χ0n) is 11.6. The summed E-state index contributed by atoms with van der Waals surface area (Å²) in [4.78, 5) is 21.9. The number of hydrogen-bond acceptors (Lipinski definition) is 6. The van der Waals surface area contributed by atoms with Gasteiger partial charge in [0.2, 0.25) is 5.82 Å². The summed E-state index contributed by atoms with van der Waals surface area (Å²) in [6.07, 6.45) is 5.07. The molecule has 2 heterocycles. The number of carboxylic acid groups (broad SMARTS) is 1. The summed E-state index contributed by atoms with van der Waals surface area (Å²) in [6.45, 7) is 2.49. The lowest BCUT2D eigenvalue weighted by Crippen LogP contribution is -2.27. The first-order chi connectivity index (χ1) is 10.2. The van der Waals surface area contributed by atoms with E-state index >= 15 is 0 Å². The van der Waals surface area contributed by atoms with E-state index in [1.807, 2.05) is 6.92 Å². The fourth-order valence-electron chi connectivity index (χ4n) is 2.78. The average Bonchev–Trinajstić information content (AvgIpc) is 3.19. The van der Waals surface area contributed by atoms with Crippen molar-refractivity contribution in [1.82, 2.24) is 20.1 Å². The predicted octanol–water partition coefficient (Wildman–Crippen LogP) is 1.96. The molecule has 1 aliphatic carbocycles. The molecule has 21 heavy (non-hydrogen) atoms. The molecule has 0 radical (unpaired) electrons. The van der Waals surface area contributed by atoms with Crippen molar-refractivity contribution in [3.8, 4) is 11.6 Å². The first-order valence-electron chi connectivity index (χ1n) is 6.91. The molecule has 8 nitrogen and oxygen atoms in total. The van der Waals surface area contributed by atoms with Crippen molar-refractivity contribution in [3.05, 3.63) is 17.8 Å². The number of hydrogen-bond donors (Lipinski definition) is 2. The van der Waals surface area contributed by atoms with Crippen molar-refractivity contribution < 1.29 is 19.2 Å². The van der Waals surface area contributed by atoms with E-state index in [-0.39, 0.29) is 17.3 Å². The number of nitrogens with zero attached hydrogens (tertiary/aromatic N) is 3. The van der Waals surface area contributed by atoms with Gasteiger partial charge in [-0.15, -0.1) is 0 Å². The number of carbonyl (C=O) groups is 1. The normalized spacial score (nSPS) is 17.2. The predicted molar refractivity (Wildman–Crippen MR) is 70.6 cm³/mol. The zero-order chi connectivity index (χ0) is 14.9. The van der Waals surface area contributed by atoms with Crippen LogP contribution in [0.3, 0.4) is 0 Å². The largest absolute Gasteiger partial charge is 0.476 e. The Balaban J connectivity index is 1.96. The zero-order valence-corrected chi connectivity index (χ0v) is 11.6. The van der Waals surface area contributed by atoms with Crippen LogP contribution < -0.4 is 0 Å². The van der Waals surface area contributed by atoms with Gasteiger partial charge in [-0.05, 0) is 32.6 Å². The van der Waals surface area contributed by atoms with E-state index in [0.717, 1.165) is 25.7 Å². The molecule has 0 spiro atoms. The molecule has 1 saturated carbocycles. The smallest absolute Gasteiger partial charge is 0.356 e. The van der Waals surface area contributed by atoms with Crippen molar-refractivity contribution in [3.63, 3.8) is 0 Å².